The van der Waals surface area contributed by atoms with Crippen LogP contribution in [0.5, 0.6) is 0 Å². The maximum atomic E-state index is 12.5. The molecule has 0 unspecified atom stereocenters. The maximum absolute atomic E-state index is 12.5. The van der Waals surface area contributed by atoms with E-state index in [0.717, 1.165) is 12.8 Å². The van der Waals surface area contributed by atoms with Gasteiger partial charge in [0, 0.05) is 11.1 Å². The lowest BCUT2D eigenvalue weighted by molar-refractivity contribution is 0.102. The lowest BCUT2D eigenvalue weighted by atomic mass is 10.1. The van der Waals surface area contributed by atoms with Gasteiger partial charge in [-0.1, -0.05) is 43.7 Å². The lowest BCUT2D eigenvalue weighted by Crippen LogP contribution is -2.19. The second kappa shape index (κ2) is 6.44. The van der Waals surface area contributed by atoms with E-state index in [-0.39, 0.29) is 17.2 Å². The second-order valence-corrected chi connectivity index (χ2v) is 5.35. The molecule has 0 spiro atoms. The van der Waals surface area contributed by atoms with E-state index >= 15 is 0 Å². The summed E-state index contributed by atoms with van der Waals surface area (Å²) in [6.07, 6.45) is 2.10. The number of H-pyrrole nitrogens is 1. The molecule has 1 heterocycles. The molecule has 1 aromatic heterocycles. The molecule has 23 heavy (non-hydrogen) atoms. The highest BCUT2D eigenvalue weighted by atomic mass is 16.2. The topological polar surface area (TPSA) is 74.8 Å². The molecule has 2 N–H and O–H groups in total. The molecule has 1 amide bonds. The van der Waals surface area contributed by atoms with Crippen molar-refractivity contribution < 1.29 is 4.79 Å². The van der Waals surface area contributed by atoms with Gasteiger partial charge in [-0.05, 0) is 30.2 Å². The summed E-state index contributed by atoms with van der Waals surface area (Å²) < 4.78 is 0. The number of aromatic amines is 1. The molecule has 0 aliphatic heterocycles. The van der Waals surface area contributed by atoms with Gasteiger partial charge in [0.2, 0.25) is 0 Å². The van der Waals surface area contributed by atoms with Crippen molar-refractivity contribution >= 4 is 22.4 Å². The van der Waals surface area contributed by atoms with Gasteiger partial charge in [-0.3, -0.25) is 9.59 Å². The summed E-state index contributed by atoms with van der Waals surface area (Å²) >= 11 is 0. The first-order chi connectivity index (χ1) is 11.2. The second-order valence-electron chi connectivity index (χ2n) is 5.35. The van der Waals surface area contributed by atoms with E-state index in [0.29, 0.717) is 16.5 Å². The molecule has 0 atom stereocenters. The minimum Gasteiger partial charge on any atom is -0.321 e. The Morgan fingerprint density at radius 1 is 1.09 bits per heavy atom. The smallest absolute Gasteiger partial charge is 0.276 e. The number of hydrogen-bond donors (Lipinski definition) is 2. The van der Waals surface area contributed by atoms with Crippen molar-refractivity contribution in [3.05, 3.63) is 70.1 Å². The molecule has 0 bridgehead atoms. The molecule has 3 aromatic rings. The van der Waals surface area contributed by atoms with Gasteiger partial charge in [0.1, 0.15) is 0 Å². The Hall–Kier alpha value is -2.95. The number of carbonyl (C=O) groups is 1. The van der Waals surface area contributed by atoms with E-state index in [1.807, 2.05) is 24.3 Å². The average Bonchev–Trinajstić information content (AvgIpc) is 2.57. The van der Waals surface area contributed by atoms with Crippen molar-refractivity contribution in [2.75, 3.05) is 5.32 Å². The summed E-state index contributed by atoms with van der Waals surface area (Å²) in [6.45, 7) is 2.13. The van der Waals surface area contributed by atoms with Crippen LogP contribution in [-0.2, 0) is 6.42 Å². The lowest BCUT2D eigenvalue weighted by Gasteiger charge is -2.07. The molecule has 0 fully saturated rings. The number of hydrogen-bond acceptors (Lipinski definition) is 3. The van der Waals surface area contributed by atoms with E-state index < -0.39 is 0 Å². The summed E-state index contributed by atoms with van der Waals surface area (Å²) in [6, 6.07) is 14.7. The van der Waals surface area contributed by atoms with Crippen molar-refractivity contribution in [1.82, 2.24) is 10.2 Å². The minimum absolute atomic E-state index is 0.206. The molecule has 0 saturated carbocycles. The summed E-state index contributed by atoms with van der Waals surface area (Å²) in [5, 5.41) is 10.1. The van der Waals surface area contributed by atoms with Crippen LogP contribution in [0.25, 0.3) is 10.8 Å². The Morgan fingerprint density at radius 2 is 1.78 bits per heavy atom. The molecule has 0 aliphatic rings. The molecular weight excluding hydrogens is 290 g/mol. The van der Waals surface area contributed by atoms with Gasteiger partial charge >= 0.3 is 0 Å². The molecule has 5 nitrogen and oxygen atoms in total. The highest BCUT2D eigenvalue weighted by molar-refractivity contribution is 6.11. The Kier molecular flexibility index (Phi) is 4.19. The van der Waals surface area contributed by atoms with Crippen LogP contribution in [0.3, 0.4) is 0 Å². The highest BCUT2D eigenvalue weighted by Crippen LogP contribution is 2.16. The number of aromatic nitrogens is 2. The average molecular weight is 307 g/mol. The fourth-order valence-corrected chi connectivity index (χ4v) is 2.52. The van der Waals surface area contributed by atoms with Crippen LogP contribution in [0, 0.1) is 0 Å². The summed E-state index contributed by atoms with van der Waals surface area (Å²) in [4.78, 5) is 24.2. The molecule has 2 aromatic carbocycles. The van der Waals surface area contributed by atoms with E-state index in [1.54, 1.807) is 24.3 Å². The number of fused-ring (bicyclic) bond motifs is 1. The van der Waals surface area contributed by atoms with Crippen molar-refractivity contribution in [1.29, 1.82) is 0 Å². The number of benzene rings is 2. The highest BCUT2D eigenvalue weighted by Gasteiger charge is 2.14. The zero-order valence-corrected chi connectivity index (χ0v) is 12.8. The van der Waals surface area contributed by atoms with Gasteiger partial charge in [0.05, 0.1) is 5.39 Å². The first-order valence-electron chi connectivity index (χ1n) is 7.56. The quantitative estimate of drug-likeness (QED) is 0.777. The first kappa shape index (κ1) is 15.0. The zero-order valence-electron chi connectivity index (χ0n) is 12.8. The number of nitrogens with one attached hydrogen (secondary N) is 2. The largest absolute Gasteiger partial charge is 0.321 e. The third-order valence-electron chi connectivity index (χ3n) is 3.66. The zero-order chi connectivity index (χ0) is 16.2. The van der Waals surface area contributed by atoms with Crippen LogP contribution in [0.1, 0.15) is 29.4 Å². The number of carbonyl (C=O) groups excluding carboxylic acids is 1. The first-order valence-corrected chi connectivity index (χ1v) is 7.56. The molecule has 116 valence electrons. The van der Waals surface area contributed by atoms with E-state index in [9.17, 15) is 9.59 Å². The Labute approximate surface area is 133 Å². The van der Waals surface area contributed by atoms with Crippen LogP contribution in [0.4, 0.5) is 5.69 Å². The fraction of sp³-hybridized carbons (Fsp3) is 0.167. The van der Waals surface area contributed by atoms with Gasteiger partial charge in [0.15, 0.2) is 5.69 Å². The standard InChI is InChI=1S/C18H17N3O2/c1-2-5-12-8-10-13(11-9-12)19-18(23)16-14-6-3-4-7-15(14)17(22)21-20-16/h3-4,6-11H,2,5H2,1H3,(H,19,23)(H,21,22). The molecule has 0 saturated heterocycles. The summed E-state index contributed by atoms with van der Waals surface area (Å²) in [7, 11) is 0. The molecule has 5 heteroatoms. The van der Waals surface area contributed by atoms with Gasteiger partial charge in [-0.2, -0.15) is 5.10 Å². The summed E-state index contributed by atoms with van der Waals surface area (Å²) in [5.74, 6) is -0.347. The SMILES string of the molecule is CCCc1ccc(NC(=O)c2n[nH]c(=O)c3ccccc23)cc1. The third kappa shape index (κ3) is 3.13. The number of rotatable bonds is 4. The van der Waals surface area contributed by atoms with Gasteiger partial charge in [-0.15, -0.1) is 0 Å². The van der Waals surface area contributed by atoms with Crippen molar-refractivity contribution in [2.24, 2.45) is 0 Å². The van der Waals surface area contributed by atoms with Crippen molar-refractivity contribution in [3.8, 4) is 0 Å². The van der Waals surface area contributed by atoms with E-state index in [1.165, 1.54) is 5.56 Å². The molecule has 3 rings (SSSR count). The van der Waals surface area contributed by atoms with Crippen LogP contribution >= 0.6 is 0 Å². The van der Waals surface area contributed by atoms with Gasteiger partial charge in [0.25, 0.3) is 11.5 Å². The number of amides is 1. The van der Waals surface area contributed by atoms with Crippen molar-refractivity contribution in [3.63, 3.8) is 0 Å². The Balaban J connectivity index is 1.89. The fourth-order valence-electron chi connectivity index (χ4n) is 2.52. The number of anilines is 1. The Bertz CT molecular complexity index is 898. The predicted octanol–water partition coefficient (Wildman–Crippen LogP) is 3.13. The van der Waals surface area contributed by atoms with Crippen LogP contribution in [0.2, 0.25) is 0 Å². The van der Waals surface area contributed by atoms with Gasteiger partial charge in [-0.25, -0.2) is 5.10 Å². The third-order valence-corrected chi connectivity index (χ3v) is 3.66. The monoisotopic (exact) mass is 307 g/mol. The normalized spacial score (nSPS) is 10.7. The maximum Gasteiger partial charge on any atom is 0.276 e. The van der Waals surface area contributed by atoms with E-state index in [4.69, 9.17) is 0 Å². The van der Waals surface area contributed by atoms with Crippen LogP contribution < -0.4 is 10.9 Å². The molecule has 0 aliphatic carbocycles. The summed E-state index contributed by atoms with van der Waals surface area (Å²) in [5.41, 5.74) is 1.84. The minimum atomic E-state index is -0.347. The Morgan fingerprint density at radius 3 is 2.48 bits per heavy atom. The molecular formula is C18H17N3O2. The van der Waals surface area contributed by atoms with Crippen LogP contribution in [0.15, 0.2) is 53.3 Å². The predicted molar refractivity (Wildman–Crippen MR) is 90.8 cm³/mol. The van der Waals surface area contributed by atoms with Crippen molar-refractivity contribution in [2.45, 2.75) is 19.8 Å². The molecule has 0 radical (unpaired) electrons. The number of nitrogens with zero attached hydrogens (tertiary/aromatic N) is 1. The van der Waals surface area contributed by atoms with Gasteiger partial charge < -0.3 is 5.32 Å². The van der Waals surface area contributed by atoms with E-state index in [2.05, 4.69) is 22.4 Å². The number of aryl methyl sites for hydroxylation is 1. The van der Waals surface area contributed by atoms with Crippen LogP contribution in [-0.4, -0.2) is 16.1 Å².